The molecule has 1 aromatic heterocycles. The maximum Gasteiger partial charge on any atom is 0.168 e. The van der Waals surface area contributed by atoms with Crippen LogP contribution in [0.25, 0.3) is 0 Å². The van der Waals surface area contributed by atoms with Gasteiger partial charge in [-0.3, -0.25) is 0 Å². The van der Waals surface area contributed by atoms with E-state index in [0.29, 0.717) is 6.10 Å². The van der Waals surface area contributed by atoms with E-state index in [1.165, 1.54) is 0 Å². The summed E-state index contributed by atoms with van der Waals surface area (Å²) in [5.41, 5.74) is -0.223. The van der Waals surface area contributed by atoms with Crippen molar-refractivity contribution < 1.29 is 9.47 Å². The Hall–Kier alpha value is -1.45. The highest BCUT2D eigenvalue weighted by Gasteiger charge is 2.25. The first-order chi connectivity index (χ1) is 7.98. The summed E-state index contributed by atoms with van der Waals surface area (Å²) in [4.78, 5) is 4.30. The number of hydrogen-bond donors (Lipinski definition) is 1. The lowest BCUT2D eigenvalue weighted by molar-refractivity contribution is 0.129. The Labute approximate surface area is 102 Å². The first kappa shape index (κ1) is 12.0. The van der Waals surface area contributed by atoms with E-state index in [2.05, 4.69) is 10.3 Å². The minimum Gasteiger partial charge on any atom is -0.486 e. The van der Waals surface area contributed by atoms with Crippen molar-refractivity contribution in [2.24, 2.45) is 0 Å². The Morgan fingerprint density at radius 2 is 2.06 bits per heavy atom. The molecule has 0 aromatic carbocycles. The molecule has 4 nitrogen and oxygen atoms in total. The summed E-state index contributed by atoms with van der Waals surface area (Å²) < 4.78 is 11.6. The number of nitrogens with one attached hydrogen (secondary N) is 1. The van der Waals surface area contributed by atoms with Crippen LogP contribution in [-0.2, 0) is 0 Å². The Morgan fingerprint density at radius 3 is 2.59 bits per heavy atom. The molecule has 1 heterocycles. The summed E-state index contributed by atoms with van der Waals surface area (Å²) in [7, 11) is 1.84. The minimum atomic E-state index is -0.223. The topological polar surface area (TPSA) is 43.4 Å². The van der Waals surface area contributed by atoms with Crippen LogP contribution in [0.15, 0.2) is 12.3 Å². The van der Waals surface area contributed by atoms with Crippen LogP contribution >= 0.6 is 0 Å². The molecule has 1 N–H and O–H groups in total. The summed E-state index contributed by atoms with van der Waals surface area (Å²) in [6, 6.07) is 1.91. The van der Waals surface area contributed by atoms with E-state index in [0.717, 1.165) is 30.2 Å². The highest BCUT2D eigenvalue weighted by Crippen LogP contribution is 2.33. The van der Waals surface area contributed by atoms with Crippen molar-refractivity contribution in [1.29, 1.82) is 0 Å². The Kier molecular flexibility index (Phi) is 3.13. The van der Waals surface area contributed by atoms with Gasteiger partial charge in [0.15, 0.2) is 11.6 Å². The minimum absolute atomic E-state index is 0.223. The molecule has 0 aliphatic heterocycles. The monoisotopic (exact) mass is 236 g/mol. The van der Waals surface area contributed by atoms with Gasteiger partial charge in [0.1, 0.15) is 11.4 Å². The molecule has 0 amide bonds. The highest BCUT2D eigenvalue weighted by molar-refractivity contribution is 5.52. The van der Waals surface area contributed by atoms with E-state index in [9.17, 15) is 0 Å². The van der Waals surface area contributed by atoms with Crippen molar-refractivity contribution in [3.63, 3.8) is 0 Å². The van der Waals surface area contributed by atoms with Crippen molar-refractivity contribution in [2.45, 2.75) is 45.3 Å². The van der Waals surface area contributed by atoms with Crippen molar-refractivity contribution in [1.82, 2.24) is 4.98 Å². The van der Waals surface area contributed by atoms with Gasteiger partial charge in [-0.1, -0.05) is 0 Å². The van der Waals surface area contributed by atoms with Crippen LogP contribution in [0.1, 0.15) is 33.6 Å². The lowest BCUT2D eigenvalue weighted by Crippen LogP contribution is -2.23. The highest BCUT2D eigenvalue weighted by atomic mass is 16.5. The Bertz CT molecular complexity index is 395. The summed E-state index contributed by atoms with van der Waals surface area (Å²) in [5, 5.41) is 3.03. The standard InChI is InChI=1S/C13H20N2O2/c1-13(2,3)17-10-7-11(16-9-5-6-9)12(14-4)15-8-10/h7-9H,5-6H2,1-4H3,(H,14,15). The normalized spacial score (nSPS) is 15.5. The largest absolute Gasteiger partial charge is 0.486 e. The first-order valence-corrected chi connectivity index (χ1v) is 6.01. The zero-order valence-electron chi connectivity index (χ0n) is 10.9. The predicted molar refractivity (Wildman–Crippen MR) is 67.8 cm³/mol. The molecule has 17 heavy (non-hydrogen) atoms. The van der Waals surface area contributed by atoms with E-state index in [-0.39, 0.29) is 5.60 Å². The molecule has 1 aromatic rings. The van der Waals surface area contributed by atoms with Crippen LogP contribution in [0.4, 0.5) is 5.82 Å². The zero-order chi connectivity index (χ0) is 12.5. The quantitative estimate of drug-likeness (QED) is 0.873. The number of rotatable bonds is 4. The number of anilines is 1. The number of pyridine rings is 1. The molecular weight excluding hydrogens is 216 g/mol. The maximum atomic E-state index is 5.80. The van der Waals surface area contributed by atoms with Gasteiger partial charge in [-0.05, 0) is 33.6 Å². The lowest BCUT2D eigenvalue weighted by atomic mass is 10.2. The van der Waals surface area contributed by atoms with Crippen LogP contribution < -0.4 is 14.8 Å². The molecule has 4 heteroatoms. The summed E-state index contributed by atoms with van der Waals surface area (Å²) >= 11 is 0. The van der Waals surface area contributed by atoms with Crippen LogP contribution in [-0.4, -0.2) is 23.7 Å². The SMILES string of the molecule is CNc1ncc(OC(C)(C)C)cc1OC1CC1. The molecule has 0 radical (unpaired) electrons. The second-order valence-electron chi connectivity index (χ2n) is 5.30. The van der Waals surface area contributed by atoms with Crippen molar-refractivity contribution in [3.05, 3.63) is 12.3 Å². The molecule has 1 fully saturated rings. The van der Waals surface area contributed by atoms with Crippen LogP contribution in [0.2, 0.25) is 0 Å². The third kappa shape index (κ3) is 3.51. The van der Waals surface area contributed by atoms with Crippen molar-refractivity contribution in [2.75, 3.05) is 12.4 Å². The van der Waals surface area contributed by atoms with Gasteiger partial charge in [0, 0.05) is 13.1 Å². The molecule has 1 aliphatic carbocycles. The van der Waals surface area contributed by atoms with E-state index in [4.69, 9.17) is 9.47 Å². The maximum absolute atomic E-state index is 5.80. The summed E-state index contributed by atoms with van der Waals surface area (Å²) in [6.45, 7) is 6.04. The molecule has 1 saturated carbocycles. The predicted octanol–water partition coefficient (Wildman–Crippen LogP) is 2.84. The van der Waals surface area contributed by atoms with Gasteiger partial charge < -0.3 is 14.8 Å². The van der Waals surface area contributed by atoms with Gasteiger partial charge in [-0.15, -0.1) is 0 Å². The molecular formula is C13H20N2O2. The lowest BCUT2D eigenvalue weighted by Gasteiger charge is -2.21. The van der Waals surface area contributed by atoms with Gasteiger partial charge >= 0.3 is 0 Å². The molecule has 2 rings (SSSR count). The Balaban J connectivity index is 2.17. The van der Waals surface area contributed by atoms with Crippen LogP contribution in [0.5, 0.6) is 11.5 Å². The molecule has 0 unspecified atom stereocenters. The van der Waals surface area contributed by atoms with Crippen LogP contribution in [0, 0.1) is 0 Å². The second-order valence-corrected chi connectivity index (χ2v) is 5.30. The molecule has 0 saturated heterocycles. The van der Waals surface area contributed by atoms with Gasteiger partial charge in [0.05, 0.1) is 12.3 Å². The van der Waals surface area contributed by atoms with Crippen molar-refractivity contribution >= 4 is 5.82 Å². The molecule has 0 atom stereocenters. The third-order valence-electron chi connectivity index (χ3n) is 2.31. The first-order valence-electron chi connectivity index (χ1n) is 6.01. The zero-order valence-corrected chi connectivity index (χ0v) is 10.9. The molecule has 94 valence electrons. The van der Waals surface area contributed by atoms with Gasteiger partial charge in [0.2, 0.25) is 0 Å². The fourth-order valence-electron chi connectivity index (χ4n) is 1.48. The number of hydrogen-bond acceptors (Lipinski definition) is 4. The molecule has 0 bridgehead atoms. The van der Waals surface area contributed by atoms with E-state index >= 15 is 0 Å². The average Bonchev–Trinajstić information content (AvgIpc) is 3.00. The summed E-state index contributed by atoms with van der Waals surface area (Å²) in [5.74, 6) is 2.28. The van der Waals surface area contributed by atoms with Gasteiger partial charge in [0.25, 0.3) is 0 Å². The number of aromatic nitrogens is 1. The van der Waals surface area contributed by atoms with E-state index in [1.807, 2.05) is 33.9 Å². The van der Waals surface area contributed by atoms with Gasteiger partial charge in [-0.2, -0.15) is 0 Å². The smallest absolute Gasteiger partial charge is 0.168 e. The van der Waals surface area contributed by atoms with E-state index < -0.39 is 0 Å². The summed E-state index contributed by atoms with van der Waals surface area (Å²) in [6.07, 6.45) is 4.34. The fraction of sp³-hybridized carbons (Fsp3) is 0.615. The molecule has 0 spiro atoms. The fourth-order valence-corrected chi connectivity index (χ4v) is 1.48. The Morgan fingerprint density at radius 1 is 1.35 bits per heavy atom. The number of nitrogens with zero attached hydrogens (tertiary/aromatic N) is 1. The second kappa shape index (κ2) is 4.43. The van der Waals surface area contributed by atoms with Crippen molar-refractivity contribution in [3.8, 4) is 11.5 Å². The molecule has 1 aliphatic rings. The average molecular weight is 236 g/mol. The van der Waals surface area contributed by atoms with Crippen LogP contribution in [0.3, 0.4) is 0 Å². The third-order valence-corrected chi connectivity index (χ3v) is 2.31. The number of ether oxygens (including phenoxy) is 2. The van der Waals surface area contributed by atoms with E-state index in [1.54, 1.807) is 6.20 Å². The van der Waals surface area contributed by atoms with Gasteiger partial charge in [-0.25, -0.2) is 4.98 Å².